The van der Waals surface area contributed by atoms with E-state index in [1.807, 2.05) is 0 Å². The Labute approximate surface area is 132 Å². The topological polar surface area (TPSA) is 75.0 Å². The van der Waals surface area contributed by atoms with Crippen LogP contribution in [0.25, 0.3) is 0 Å². The smallest absolute Gasteiger partial charge is 0.343 e. The molecule has 120 valence electrons. The van der Waals surface area contributed by atoms with Crippen LogP contribution in [0, 0.1) is 6.92 Å². The number of hydrogen-bond acceptors (Lipinski definition) is 6. The molecule has 1 atom stereocenters. The molecule has 1 aliphatic heterocycles. The Morgan fingerprint density at radius 2 is 1.91 bits per heavy atom. The van der Waals surface area contributed by atoms with Crippen molar-refractivity contribution in [2.45, 2.75) is 19.3 Å². The second-order valence-electron chi connectivity index (χ2n) is 5.26. The molecule has 1 aliphatic rings. The summed E-state index contributed by atoms with van der Waals surface area (Å²) in [6.07, 6.45) is 0.0451. The molecular formula is C17H16O6. The molecule has 0 amide bonds. The predicted molar refractivity (Wildman–Crippen MR) is 81.4 cm³/mol. The fourth-order valence-electron chi connectivity index (χ4n) is 2.80. The van der Waals surface area contributed by atoms with E-state index < -0.39 is 17.5 Å². The van der Waals surface area contributed by atoms with Crippen LogP contribution in [0.3, 0.4) is 0 Å². The fourth-order valence-corrected chi connectivity index (χ4v) is 2.80. The van der Waals surface area contributed by atoms with Crippen LogP contribution in [0.1, 0.15) is 29.2 Å². The molecule has 6 heteroatoms. The molecule has 0 saturated heterocycles. The van der Waals surface area contributed by atoms with E-state index in [9.17, 15) is 9.59 Å². The Hall–Kier alpha value is -2.76. The molecular weight excluding hydrogens is 300 g/mol. The van der Waals surface area contributed by atoms with Crippen LogP contribution in [-0.4, -0.2) is 20.2 Å². The molecule has 0 spiro atoms. The summed E-state index contributed by atoms with van der Waals surface area (Å²) in [5.74, 6) is 0.922. The van der Waals surface area contributed by atoms with E-state index in [2.05, 4.69) is 0 Å². The van der Waals surface area contributed by atoms with Gasteiger partial charge in [-0.15, -0.1) is 0 Å². The molecule has 1 aromatic carbocycles. The summed E-state index contributed by atoms with van der Waals surface area (Å²) in [6.45, 7) is 1.63. The highest BCUT2D eigenvalue weighted by Gasteiger charge is 2.34. The van der Waals surface area contributed by atoms with Crippen molar-refractivity contribution >= 4 is 5.97 Å². The van der Waals surface area contributed by atoms with E-state index >= 15 is 0 Å². The van der Waals surface area contributed by atoms with Gasteiger partial charge in [0, 0.05) is 23.6 Å². The van der Waals surface area contributed by atoms with Crippen LogP contribution in [0.15, 0.2) is 33.5 Å². The number of methoxy groups -OCH3 is 2. The number of aryl methyl sites for hydroxylation is 1. The average Bonchev–Trinajstić information content (AvgIpc) is 2.52. The van der Waals surface area contributed by atoms with E-state index in [1.54, 1.807) is 38.3 Å². The molecule has 2 aromatic rings. The zero-order valence-corrected chi connectivity index (χ0v) is 13.0. The minimum absolute atomic E-state index is 0.0451. The van der Waals surface area contributed by atoms with Crippen molar-refractivity contribution in [3.8, 4) is 17.2 Å². The lowest BCUT2D eigenvalue weighted by Gasteiger charge is -2.25. The van der Waals surface area contributed by atoms with Crippen LogP contribution in [-0.2, 0) is 4.79 Å². The first-order valence-corrected chi connectivity index (χ1v) is 7.10. The first-order valence-electron chi connectivity index (χ1n) is 7.10. The number of esters is 1. The number of benzene rings is 1. The second kappa shape index (κ2) is 5.79. The highest BCUT2D eigenvalue weighted by molar-refractivity contribution is 5.77. The Kier molecular flexibility index (Phi) is 3.82. The zero-order valence-electron chi connectivity index (χ0n) is 13.0. The second-order valence-corrected chi connectivity index (χ2v) is 5.26. The lowest BCUT2D eigenvalue weighted by molar-refractivity contribution is -0.135. The lowest BCUT2D eigenvalue weighted by atomic mass is 9.86. The van der Waals surface area contributed by atoms with E-state index in [0.717, 1.165) is 0 Å². The SMILES string of the molecule is COc1ccc([C@@H]2CC(=O)Oc3cc(C)oc(=O)c32)c(OC)c1. The fraction of sp³-hybridized carbons (Fsp3) is 0.294. The van der Waals surface area contributed by atoms with E-state index in [1.165, 1.54) is 7.11 Å². The van der Waals surface area contributed by atoms with Gasteiger partial charge in [-0.2, -0.15) is 0 Å². The molecule has 6 nitrogen and oxygen atoms in total. The van der Waals surface area contributed by atoms with E-state index in [-0.39, 0.29) is 12.2 Å². The summed E-state index contributed by atoms with van der Waals surface area (Å²) in [4.78, 5) is 24.2. The van der Waals surface area contributed by atoms with E-state index in [4.69, 9.17) is 18.6 Å². The predicted octanol–water partition coefficient (Wildman–Crippen LogP) is 2.41. The molecule has 0 fully saturated rings. The number of fused-ring (bicyclic) bond motifs is 1. The monoisotopic (exact) mass is 316 g/mol. The highest BCUT2D eigenvalue weighted by Crippen LogP contribution is 2.41. The standard InChI is InChI=1S/C17H16O6/c1-9-6-14-16(17(19)22-9)12(8-15(18)23-14)11-5-4-10(20-2)7-13(11)21-3/h4-7,12H,8H2,1-3H3/t12-/m0/s1. The van der Waals surface area contributed by atoms with Crippen molar-refractivity contribution in [1.29, 1.82) is 0 Å². The number of rotatable bonds is 3. The molecule has 0 N–H and O–H groups in total. The summed E-state index contributed by atoms with van der Waals surface area (Å²) in [7, 11) is 3.08. The molecule has 1 aromatic heterocycles. The molecule has 0 saturated carbocycles. The molecule has 0 aliphatic carbocycles. The Morgan fingerprint density at radius 1 is 1.13 bits per heavy atom. The van der Waals surface area contributed by atoms with Gasteiger partial charge in [-0.1, -0.05) is 6.07 Å². The summed E-state index contributed by atoms with van der Waals surface area (Å²) in [5, 5.41) is 0. The molecule has 0 radical (unpaired) electrons. The number of carbonyl (C=O) groups excluding carboxylic acids is 1. The van der Waals surface area contributed by atoms with Gasteiger partial charge in [-0.25, -0.2) is 4.79 Å². The third-order valence-corrected chi connectivity index (χ3v) is 3.83. The van der Waals surface area contributed by atoms with Crippen molar-refractivity contribution < 1.29 is 23.4 Å². The molecule has 3 rings (SSSR count). The van der Waals surface area contributed by atoms with Gasteiger partial charge in [0.05, 0.1) is 26.2 Å². The zero-order chi connectivity index (χ0) is 16.6. The number of carbonyl (C=O) groups is 1. The summed E-state index contributed by atoms with van der Waals surface area (Å²) in [6, 6.07) is 6.80. The largest absolute Gasteiger partial charge is 0.497 e. The summed E-state index contributed by atoms with van der Waals surface area (Å²) < 4.78 is 20.9. The van der Waals surface area contributed by atoms with Gasteiger partial charge in [-0.3, -0.25) is 4.79 Å². The summed E-state index contributed by atoms with van der Waals surface area (Å²) in [5.41, 5.74) is 0.538. The Balaban J connectivity index is 2.19. The Bertz CT molecular complexity index is 820. The van der Waals surface area contributed by atoms with Gasteiger partial charge >= 0.3 is 11.6 Å². The maximum atomic E-state index is 12.3. The van der Waals surface area contributed by atoms with Crippen LogP contribution >= 0.6 is 0 Å². The van der Waals surface area contributed by atoms with Crippen LogP contribution in [0.2, 0.25) is 0 Å². The van der Waals surface area contributed by atoms with Gasteiger partial charge in [0.25, 0.3) is 0 Å². The van der Waals surface area contributed by atoms with Gasteiger partial charge in [-0.05, 0) is 13.0 Å². The van der Waals surface area contributed by atoms with Gasteiger partial charge in [0.2, 0.25) is 0 Å². The minimum Gasteiger partial charge on any atom is -0.497 e. The summed E-state index contributed by atoms with van der Waals surface area (Å²) >= 11 is 0. The average molecular weight is 316 g/mol. The highest BCUT2D eigenvalue weighted by atomic mass is 16.5. The first-order chi connectivity index (χ1) is 11.0. The van der Waals surface area contributed by atoms with Crippen molar-refractivity contribution in [2.75, 3.05) is 14.2 Å². The molecule has 2 heterocycles. The third-order valence-electron chi connectivity index (χ3n) is 3.83. The van der Waals surface area contributed by atoms with E-state index in [0.29, 0.717) is 28.4 Å². The number of ether oxygens (including phenoxy) is 3. The molecule has 23 heavy (non-hydrogen) atoms. The lowest BCUT2D eigenvalue weighted by Crippen LogP contribution is -2.27. The first kappa shape index (κ1) is 15.1. The van der Waals surface area contributed by atoms with Gasteiger partial charge in [0.15, 0.2) is 0 Å². The van der Waals surface area contributed by atoms with Crippen LogP contribution < -0.4 is 19.8 Å². The number of hydrogen-bond donors (Lipinski definition) is 0. The normalized spacial score (nSPS) is 16.5. The minimum atomic E-state index is -0.504. The quantitative estimate of drug-likeness (QED) is 0.810. The van der Waals surface area contributed by atoms with Crippen molar-refractivity contribution in [2.24, 2.45) is 0 Å². The molecule has 0 bridgehead atoms. The molecule has 0 unspecified atom stereocenters. The van der Waals surface area contributed by atoms with Crippen molar-refractivity contribution in [3.63, 3.8) is 0 Å². The van der Waals surface area contributed by atoms with Crippen LogP contribution in [0.4, 0.5) is 0 Å². The van der Waals surface area contributed by atoms with Gasteiger partial charge < -0.3 is 18.6 Å². The maximum absolute atomic E-state index is 12.3. The Morgan fingerprint density at radius 3 is 2.61 bits per heavy atom. The maximum Gasteiger partial charge on any atom is 0.343 e. The van der Waals surface area contributed by atoms with Crippen LogP contribution in [0.5, 0.6) is 17.2 Å². The van der Waals surface area contributed by atoms with Crippen molar-refractivity contribution in [3.05, 3.63) is 51.6 Å². The van der Waals surface area contributed by atoms with Gasteiger partial charge in [0.1, 0.15) is 23.0 Å². The third kappa shape index (κ3) is 2.67. The van der Waals surface area contributed by atoms with Crippen molar-refractivity contribution in [1.82, 2.24) is 0 Å².